The minimum absolute atomic E-state index is 0.104. The molecule has 0 radical (unpaired) electrons. The average Bonchev–Trinajstić information content (AvgIpc) is 2.56. The highest BCUT2D eigenvalue weighted by atomic mass is 16.1. The van der Waals surface area contributed by atoms with Crippen molar-refractivity contribution in [1.82, 2.24) is 19.9 Å². The maximum Gasteiger partial charge on any atom is 0.251 e. The van der Waals surface area contributed by atoms with Crippen LogP contribution in [-0.4, -0.2) is 27.6 Å². The third-order valence-electron chi connectivity index (χ3n) is 5.13. The third-order valence-corrected chi connectivity index (χ3v) is 5.13. The fourth-order valence-corrected chi connectivity index (χ4v) is 4.07. The fraction of sp³-hybridized carbons (Fsp3) is 0.526. The second kappa shape index (κ2) is 6.13. The van der Waals surface area contributed by atoms with Gasteiger partial charge in [-0.05, 0) is 44.4 Å². The summed E-state index contributed by atoms with van der Waals surface area (Å²) in [6, 6.07) is 5.90. The smallest absolute Gasteiger partial charge is 0.251 e. The van der Waals surface area contributed by atoms with Crippen molar-refractivity contribution in [2.24, 2.45) is 5.92 Å². The van der Waals surface area contributed by atoms with Crippen molar-refractivity contribution in [3.63, 3.8) is 0 Å². The van der Waals surface area contributed by atoms with Gasteiger partial charge in [-0.15, -0.1) is 0 Å². The van der Waals surface area contributed by atoms with E-state index in [9.17, 15) is 4.79 Å². The van der Waals surface area contributed by atoms with E-state index in [1.165, 1.54) is 6.42 Å². The molecule has 2 bridgehead atoms. The molecule has 2 aromatic heterocycles. The number of aromatic nitrogens is 3. The van der Waals surface area contributed by atoms with Gasteiger partial charge in [0.25, 0.3) is 5.56 Å². The number of hydrogen-bond acceptors (Lipinski definition) is 4. The minimum Gasteiger partial charge on any atom is -0.316 e. The van der Waals surface area contributed by atoms with Crippen molar-refractivity contribution >= 4 is 0 Å². The highest BCUT2D eigenvalue weighted by Gasteiger charge is 2.31. The van der Waals surface area contributed by atoms with Crippen LogP contribution in [0.4, 0.5) is 0 Å². The molecule has 2 aliphatic rings. The molecule has 0 amide bonds. The Bertz CT molecular complexity index is 827. The molecule has 24 heavy (non-hydrogen) atoms. The lowest BCUT2D eigenvalue weighted by Gasteiger charge is -2.37. The van der Waals surface area contributed by atoms with E-state index in [0.717, 1.165) is 60.9 Å². The highest BCUT2D eigenvalue weighted by molar-refractivity contribution is 5.60. The van der Waals surface area contributed by atoms with Gasteiger partial charge in [0, 0.05) is 48.4 Å². The first-order valence-corrected chi connectivity index (χ1v) is 8.94. The molecule has 5 nitrogen and oxygen atoms in total. The first-order chi connectivity index (χ1) is 11.6. The van der Waals surface area contributed by atoms with Crippen LogP contribution < -0.4 is 10.9 Å². The van der Waals surface area contributed by atoms with Crippen LogP contribution in [0.25, 0.3) is 11.3 Å². The molecule has 0 spiro atoms. The molecule has 0 saturated carbocycles. The standard InChI is InChI=1S/C19H24N4O/c1-3-4-18-21-12(2)5-16(22-18)14-7-17-15-6-13(9-20-10-15)11-23(17)19(24)8-14/h5,7-8,13,15,20H,3-4,6,9-11H2,1-2H3/t13-,15+/m0/s1. The first-order valence-electron chi connectivity index (χ1n) is 8.94. The van der Waals surface area contributed by atoms with Crippen LogP contribution in [0.5, 0.6) is 0 Å². The normalized spacial score (nSPS) is 22.2. The number of pyridine rings is 1. The van der Waals surface area contributed by atoms with Crippen molar-refractivity contribution in [3.8, 4) is 11.3 Å². The van der Waals surface area contributed by atoms with Crippen LogP contribution in [0.2, 0.25) is 0 Å². The van der Waals surface area contributed by atoms with E-state index in [4.69, 9.17) is 0 Å². The SMILES string of the molecule is CCCc1nc(C)cc(-c2cc3n(c(=O)c2)C[C@@H]2CNC[C@H]3C2)n1. The summed E-state index contributed by atoms with van der Waals surface area (Å²) in [5.41, 5.74) is 4.03. The molecule has 1 fully saturated rings. The Kier molecular flexibility index (Phi) is 3.96. The molecule has 0 aromatic carbocycles. The van der Waals surface area contributed by atoms with Gasteiger partial charge in [-0.2, -0.15) is 0 Å². The summed E-state index contributed by atoms with van der Waals surface area (Å²) in [7, 11) is 0. The van der Waals surface area contributed by atoms with E-state index in [2.05, 4.69) is 28.3 Å². The topological polar surface area (TPSA) is 59.8 Å². The van der Waals surface area contributed by atoms with Crippen LogP contribution in [0, 0.1) is 12.8 Å². The van der Waals surface area contributed by atoms with Crippen molar-refractivity contribution in [2.75, 3.05) is 13.1 Å². The molecule has 126 valence electrons. The number of nitrogens with one attached hydrogen (secondary N) is 1. The van der Waals surface area contributed by atoms with Crippen LogP contribution >= 0.6 is 0 Å². The van der Waals surface area contributed by atoms with Crippen LogP contribution in [0.1, 0.15) is 42.9 Å². The monoisotopic (exact) mass is 324 g/mol. The van der Waals surface area contributed by atoms with Crippen molar-refractivity contribution in [3.05, 3.63) is 45.8 Å². The molecule has 4 heterocycles. The van der Waals surface area contributed by atoms with Crippen molar-refractivity contribution in [2.45, 2.75) is 45.6 Å². The lowest BCUT2D eigenvalue weighted by molar-refractivity contribution is 0.257. The summed E-state index contributed by atoms with van der Waals surface area (Å²) < 4.78 is 1.98. The number of piperidine rings is 1. The summed E-state index contributed by atoms with van der Waals surface area (Å²) in [6.07, 6.45) is 3.07. The third kappa shape index (κ3) is 2.77. The maximum absolute atomic E-state index is 12.7. The van der Waals surface area contributed by atoms with Crippen molar-refractivity contribution < 1.29 is 0 Å². The van der Waals surface area contributed by atoms with E-state index in [1.807, 2.05) is 17.6 Å². The molecule has 2 aliphatic heterocycles. The molecule has 0 aliphatic carbocycles. The van der Waals surface area contributed by atoms with E-state index >= 15 is 0 Å². The van der Waals surface area contributed by atoms with E-state index in [1.54, 1.807) is 6.07 Å². The Morgan fingerprint density at radius 2 is 2.12 bits per heavy atom. The molecule has 0 unspecified atom stereocenters. The summed E-state index contributed by atoms with van der Waals surface area (Å²) in [5.74, 6) is 1.88. The van der Waals surface area contributed by atoms with Crippen molar-refractivity contribution in [1.29, 1.82) is 0 Å². The summed E-state index contributed by atoms with van der Waals surface area (Å²) >= 11 is 0. The van der Waals surface area contributed by atoms with Gasteiger partial charge >= 0.3 is 0 Å². The second-order valence-corrected chi connectivity index (χ2v) is 7.14. The van der Waals surface area contributed by atoms with E-state index < -0.39 is 0 Å². The summed E-state index contributed by atoms with van der Waals surface area (Å²) in [5, 5.41) is 3.50. The molecule has 2 aromatic rings. The Morgan fingerprint density at radius 1 is 1.25 bits per heavy atom. The van der Waals surface area contributed by atoms with Gasteiger partial charge in [0.1, 0.15) is 5.82 Å². The zero-order chi connectivity index (χ0) is 16.7. The Morgan fingerprint density at radius 3 is 2.96 bits per heavy atom. The number of aryl methyl sites for hydroxylation is 2. The number of nitrogens with zero attached hydrogens (tertiary/aromatic N) is 3. The second-order valence-electron chi connectivity index (χ2n) is 7.14. The van der Waals surface area contributed by atoms with Gasteiger partial charge in [0.05, 0.1) is 5.69 Å². The van der Waals surface area contributed by atoms with Crippen LogP contribution in [0.15, 0.2) is 23.0 Å². The van der Waals surface area contributed by atoms with Crippen LogP contribution in [-0.2, 0) is 13.0 Å². The maximum atomic E-state index is 12.7. The Hall–Kier alpha value is -2.01. The number of fused-ring (bicyclic) bond motifs is 4. The van der Waals surface area contributed by atoms with Gasteiger partial charge in [-0.1, -0.05) is 6.92 Å². The van der Waals surface area contributed by atoms with Gasteiger partial charge in [0.15, 0.2) is 0 Å². The molecule has 4 rings (SSSR count). The quantitative estimate of drug-likeness (QED) is 0.941. The lowest BCUT2D eigenvalue weighted by atomic mass is 9.83. The van der Waals surface area contributed by atoms with Crippen LogP contribution in [0.3, 0.4) is 0 Å². The lowest BCUT2D eigenvalue weighted by Crippen LogP contribution is -2.44. The van der Waals surface area contributed by atoms with Gasteiger partial charge < -0.3 is 9.88 Å². The zero-order valence-corrected chi connectivity index (χ0v) is 14.4. The number of rotatable bonds is 3. The van der Waals surface area contributed by atoms with Gasteiger partial charge in [0.2, 0.25) is 0 Å². The predicted molar refractivity (Wildman–Crippen MR) is 94.2 cm³/mol. The molecular formula is C19H24N4O. The molecule has 1 N–H and O–H groups in total. The summed E-state index contributed by atoms with van der Waals surface area (Å²) in [6.45, 7) is 6.94. The van der Waals surface area contributed by atoms with E-state index in [-0.39, 0.29) is 5.56 Å². The van der Waals surface area contributed by atoms with Gasteiger partial charge in [-0.25, -0.2) is 9.97 Å². The Labute approximate surface area is 142 Å². The Balaban J connectivity index is 1.80. The first kappa shape index (κ1) is 15.5. The molecule has 2 atom stereocenters. The van der Waals surface area contributed by atoms with E-state index in [0.29, 0.717) is 11.8 Å². The minimum atomic E-state index is 0.104. The molecular weight excluding hydrogens is 300 g/mol. The summed E-state index contributed by atoms with van der Waals surface area (Å²) in [4.78, 5) is 21.9. The fourth-order valence-electron chi connectivity index (χ4n) is 4.07. The largest absolute Gasteiger partial charge is 0.316 e. The number of hydrogen-bond donors (Lipinski definition) is 1. The highest BCUT2D eigenvalue weighted by Crippen LogP contribution is 2.33. The predicted octanol–water partition coefficient (Wildman–Crippen LogP) is 2.27. The molecule has 1 saturated heterocycles. The average molecular weight is 324 g/mol. The molecule has 5 heteroatoms. The van der Waals surface area contributed by atoms with Gasteiger partial charge in [-0.3, -0.25) is 4.79 Å². The zero-order valence-electron chi connectivity index (χ0n) is 14.4.